The molecule has 1 heteroatoms. The van der Waals surface area contributed by atoms with Crippen LogP contribution in [0.2, 0.25) is 0 Å². The monoisotopic (exact) mass is 375 g/mol. The van der Waals surface area contributed by atoms with Crippen molar-refractivity contribution in [3.8, 4) is 6.07 Å². The van der Waals surface area contributed by atoms with Gasteiger partial charge in [0.15, 0.2) is 0 Å². The number of rotatable bonds is 5. The molecular formula is C27H37N. The fourth-order valence-corrected chi connectivity index (χ4v) is 6.79. The first-order valence-electron chi connectivity index (χ1n) is 11.9. The standard InChI is InChI=1S/C27H37N/c1-2-3-4-20-5-9-22(10-6-20)24-13-15-27-18-25(14-16-26(27)17-24)23-11-7-21(19-28)8-12-23/h2,7-8,11-12,20,22,24-27H,1,3-6,9-10,13-18H2. The van der Waals surface area contributed by atoms with Crippen molar-refractivity contribution in [1.82, 2.24) is 0 Å². The summed E-state index contributed by atoms with van der Waals surface area (Å²) >= 11 is 0. The second-order valence-electron chi connectivity index (χ2n) is 9.98. The van der Waals surface area contributed by atoms with Gasteiger partial charge in [0.1, 0.15) is 0 Å². The number of hydrogen-bond donors (Lipinski definition) is 0. The van der Waals surface area contributed by atoms with Crippen molar-refractivity contribution < 1.29 is 0 Å². The van der Waals surface area contributed by atoms with Gasteiger partial charge >= 0.3 is 0 Å². The van der Waals surface area contributed by atoms with Crippen LogP contribution in [0.25, 0.3) is 0 Å². The number of fused-ring (bicyclic) bond motifs is 1. The molecule has 0 aromatic heterocycles. The van der Waals surface area contributed by atoms with Crippen LogP contribution in [0.1, 0.15) is 94.1 Å². The van der Waals surface area contributed by atoms with Crippen LogP contribution in [-0.2, 0) is 0 Å². The van der Waals surface area contributed by atoms with Crippen LogP contribution >= 0.6 is 0 Å². The minimum atomic E-state index is 0.728. The fourth-order valence-electron chi connectivity index (χ4n) is 6.79. The summed E-state index contributed by atoms with van der Waals surface area (Å²) in [7, 11) is 0. The topological polar surface area (TPSA) is 23.8 Å². The SMILES string of the molecule is C=CCCC1CCC(C2CCC3CC(c4ccc(C#N)cc4)CCC3C2)CC1. The Hall–Kier alpha value is -1.55. The van der Waals surface area contributed by atoms with Crippen molar-refractivity contribution in [2.75, 3.05) is 0 Å². The van der Waals surface area contributed by atoms with E-state index < -0.39 is 0 Å². The highest BCUT2D eigenvalue weighted by Gasteiger charge is 2.38. The fraction of sp³-hybridized carbons (Fsp3) is 0.667. The van der Waals surface area contributed by atoms with Gasteiger partial charge < -0.3 is 0 Å². The molecule has 3 aliphatic rings. The zero-order valence-corrected chi connectivity index (χ0v) is 17.5. The average molecular weight is 376 g/mol. The van der Waals surface area contributed by atoms with Crippen LogP contribution in [-0.4, -0.2) is 0 Å². The summed E-state index contributed by atoms with van der Waals surface area (Å²) in [5.41, 5.74) is 2.26. The van der Waals surface area contributed by atoms with E-state index in [-0.39, 0.29) is 0 Å². The van der Waals surface area contributed by atoms with E-state index >= 15 is 0 Å². The Balaban J connectivity index is 1.27. The molecule has 0 heterocycles. The normalized spacial score (nSPS) is 35.5. The van der Waals surface area contributed by atoms with Gasteiger partial charge in [-0.25, -0.2) is 0 Å². The van der Waals surface area contributed by atoms with Crippen LogP contribution in [0.4, 0.5) is 0 Å². The molecule has 1 aromatic carbocycles. The van der Waals surface area contributed by atoms with Crippen molar-refractivity contribution in [1.29, 1.82) is 5.26 Å². The summed E-state index contributed by atoms with van der Waals surface area (Å²) < 4.78 is 0. The Labute approximate surface area is 172 Å². The Bertz CT molecular complexity index is 673. The molecule has 4 unspecified atom stereocenters. The van der Waals surface area contributed by atoms with Gasteiger partial charge in [-0.1, -0.05) is 31.1 Å². The Morgan fingerprint density at radius 3 is 2.11 bits per heavy atom. The predicted octanol–water partition coefficient (Wildman–Crippen LogP) is 7.63. The zero-order valence-electron chi connectivity index (χ0n) is 17.5. The Morgan fingerprint density at radius 2 is 1.43 bits per heavy atom. The third-order valence-corrected chi connectivity index (χ3v) is 8.50. The lowest BCUT2D eigenvalue weighted by atomic mass is 9.60. The summed E-state index contributed by atoms with van der Waals surface area (Å²) in [5, 5.41) is 9.02. The van der Waals surface area contributed by atoms with E-state index in [1.807, 2.05) is 12.1 Å². The van der Waals surface area contributed by atoms with Crippen molar-refractivity contribution in [2.45, 2.75) is 83.0 Å². The van der Waals surface area contributed by atoms with E-state index in [4.69, 9.17) is 5.26 Å². The number of nitriles is 1. The van der Waals surface area contributed by atoms with Crippen molar-refractivity contribution in [3.63, 3.8) is 0 Å². The molecule has 4 atom stereocenters. The van der Waals surface area contributed by atoms with Crippen LogP contribution < -0.4 is 0 Å². The molecule has 0 bridgehead atoms. The maximum atomic E-state index is 9.02. The molecule has 0 radical (unpaired) electrons. The minimum Gasteiger partial charge on any atom is -0.192 e. The molecule has 28 heavy (non-hydrogen) atoms. The molecule has 0 saturated heterocycles. The molecule has 0 spiro atoms. The lowest BCUT2D eigenvalue weighted by molar-refractivity contribution is 0.0713. The molecule has 150 valence electrons. The van der Waals surface area contributed by atoms with Gasteiger partial charge in [0.05, 0.1) is 11.6 Å². The third-order valence-electron chi connectivity index (χ3n) is 8.50. The summed E-state index contributed by atoms with van der Waals surface area (Å²) in [5.74, 6) is 5.70. The molecule has 1 aromatic rings. The molecule has 0 N–H and O–H groups in total. The first kappa shape index (κ1) is 19.8. The predicted molar refractivity (Wildman–Crippen MR) is 117 cm³/mol. The van der Waals surface area contributed by atoms with Crippen molar-refractivity contribution in [2.24, 2.45) is 29.6 Å². The summed E-state index contributed by atoms with van der Waals surface area (Å²) in [6.45, 7) is 3.89. The number of benzene rings is 1. The number of hydrogen-bond acceptors (Lipinski definition) is 1. The van der Waals surface area contributed by atoms with Gasteiger partial charge in [-0.15, -0.1) is 6.58 Å². The molecular weight excluding hydrogens is 338 g/mol. The molecule has 3 fully saturated rings. The van der Waals surface area contributed by atoms with Gasteiger partial charge in [0.25, 0.3) is 0 Å². The van der Waals surface area contributed by atoms with Gasteiger partial charge in [0.2, 0.25) is 0 Å². The van der Waals surface area contributed by atoms with Crippen molar-refractivity contribution in [3.05, 3.63) is 48.0 Å². The smallest absolute Gasteiger partial charge is 0.0991 e. The van der Waals surface area contributed by atoms with Crippen LogP contribution in [0.15, 0.2) is 36.9 Å². The lowest BCUT2D eigenvalue weighted by Gasteiger charge is -2.45. The second kappa shape index (κ2) is 9.30. The molecule has 0 aliphatic heterocycles. The zero-order chi connectivity index (χ0) is 19.3. The van der Waals surface area contributed by atoms with Gasteiger partial charge in [-0.2, -0.15) is 5.26 Å². The average Bonchev–Trinajstić information content (AvgIpc) is 2.77. The first-order valence-corrected chi connectivity index (χ1v) is 11.9. The van der Waals surface area contributed by atoms with E-state index in [1.165, 1.54) is 82.6 Å². The molecule has 1 nitrogen and oxygen atoms in total. The van der Waals surface area contributed by atoms with E-state index in [0.717, 1.165) is 41.1 Å². The third kappa shape index (κ3) is 4.53. The molecule has 4 rings (SSSR count). The minimum absolute atomic E-state index is 0.728. The summed E-state index contributed by atoms with van der Waals surface area (Å²) in [6, 6.07) is 10.7. The maximum Gasteiger partial charge on any atom is 0.0991 e. The lowest BCUT2D eigenvalue weighted by Crippen LogP contribution is -2.34. The highest BCUT2D eigenvalue weighted by atomic mass is 14.4. The maximum absolute atomic E-state index is 9.02. The second-order valence-corrected chi connectivity index (χ2v) is 9.98. The van der Waals surface area contributed by atoms with Crippen LogP contribution in [0, 0.1) is 40.9 Å². The van der Waals surface area contributed by atoms with E-state index in [2.05, 4.69) is 30.9 Å². The number of nitrogens with zero attached hydrogens (tertiary/aromatic N) is 1. The van der Waals surface area contributed by atoms with E-state index in [9.17, 15) is 0 Å². The Morgan fingerprint density at radius 1 is 0.821 bits per heavy atom. The van der Waals surface area contributed by atoms with E-state index in [1.54, 1.807) is 0 Å². The van der Waals surface area contributed by atoms with Gasteiger partial charge in [0, 0.05) is 0 Å². The van der Waals surface area contributed by atoms with Crippen LogP contribution in [0.3, 0.4) is 0 Å². The van der Waals surface area contributed by atoms with Gasteiger partial charge in [-0.05, 0) is 117 Å². The summed E-state index contributed by atoms with van der Waals surface area (Å²) in [6.07, 6.45) is 19.3. The van der Waals surface area contributed by atoms with Crippen LogP contribution in [0.5, 0.6) is 0 Å². The van der Waals surface area contributed by atoms with Crippen molar-refractivity contribution >= 4 is 0 Å². The molecule has 0 amide bonds. The molecule has 3 saturated carbocycles. The highest BCUT2D eigenvalue weighted by molar-refractivity contribution is 5.33. The van der Waals surface area contributed by atoms with Gasteiger partial charge in [-0.3, -0.25) is 0 Å². The largest absolute Gasteiger partial charge is 0.192 e. The first-order chi connectivity index (χ1) is 13.8. The Kier molecular flexibility index (Phi) is 6.56. The number of allylic oxidation sites excluding steroid dienone is 1. The van der Waals surface area contributed by atoms with E-state index in [0.29, 0.717) is 0 Å². The quantitative estimate of drug-likeness (QED) is 0.485. The highest BCUT2D eigenvalue weighted by Crippen LogP contribution is 2.51. The molecule has 3 aliphatic carbocycles. The summed E-state index contributed by atoms with van der Waals surface area (Å²) in [4.78, 5) is 0.